The summed E-state index contributed by atoms with van der Waals surface area (Å²) in [5.74, 6) is 1.34. The van der Waals surface area contributed by atoms with E-state index in [2.05, 4.69) is 16.7 Å². The predicted molar refractivity (Wildman–Crippen MR) is 119 cm³/mol. The van der Waals surface area contributed by atoms with E-state index in [0.717, 1.165) is 36.0 Å². The predicted octanol–water partition coefficient (Wildman–Crippen LogP) is 3.82. The number of likely N-dealkylation sites (tertiary alicyclic amines) is 1. The first-order valence-electron chi connectivity index (χ1n) is 11.4. The topological polar surface area (TPSA) is 55.2 Å². The summed E-state index contributed by atoms with van der Waals surface area (Å²) in [6.07, 6.45) is 4.80. The first kappa shape index (κ1) is 21.2. The normalized spacial score (nSPS) is 18.9. The van der Waals surface area contributed by atoms with E-state index in [-0.39, 0.29) is 5.63 Å². The minimum absolute atomic E-state index is 0.223. The molecule has 164 valence electrons. The second-order valence-corrected chi connectivity index (χ2v) is 8.44. The van der Waals surface area contributed by atoms with Gasteiger partial charge in [0.2, 0.25) is 0 Å². The highest BCUT2D eigenvalue weighted by Gasteiger charge is 2.26. The molecule has 3 heterocycles. The molecule has 0 radical (unpaired) electrons. The van der Waals surface area contributed by atoms with Crippen molar-refractivity contribution in [1.29, 1.82) is 0 Å². The zero-order valence-electron chi connectivity index (χ0n) is 18.5. The average molecular weight is 415 g/mol. The van der Waals surface area contributed by atoms with Gasteiger partial charge in [-0.15, -0.1) is 0 Å². The fourth-order valence-electron chi connectivity index (χ4n) is 4.87. The molecule has 4 rings (SSSR count). The third-order valence-corrected chi connectivity index (χ3v) is 6.38. The number of ether oxygens (including phenoxy) is 2. The number of benzene rings is 1. The number of hydrogen-bond acceptors (Lipinski definition) is 6. The first-order valence-corrected chi connectivity index (χ1v) is 11.4. The maximum absolute atomic E-state index is 12.8. The van der Waals surface area contributed by atoms with E-state index in [1.54, 1.807) is 6.07 Å². The fourth-order valence-corrected chi connectivity index (χ4v) is 4.87. The summed E-state index contributed by atoms with van der Waals surface area (Å²) < 4.78 is 17.2. The number of rotatable bonds is 7. The molecule has 1 fully saturated rings. The summed E-state index contributed by atoms with van der Waals surface area (Å²) in [5.41, 5.74) is 2.26. The van der Waals surface area contributed by atoms with E-state index in [4.69, 9.17) is 13.9 Å². The summed E-state index contributed by atoms with van der Waals surface area (Å²) in [6, 6.07) is 4.30. The minimum atomic E-state index is -0.223. The van der Waals surface area contributed by atoms with Crippen LogP contribution < -0.4 is 15.1 Å². The van der Waals surface area contributed by atoms with Gasteiger partial charge < -0.3 is 13.9 Å². The molecule has 0 amide bonds. The summed E-state index contributed by atoms with van der Waals surface area (Å²) in [7, 11) is 0. The first-order chi connectivity index (χ1) is 14.6. The van der Waals surface area contributed by atoms with Gasteiger partial charge in [-0.2, -0.15) is 0 Å². The molecule has 2 aliphatic rings. The molecule has 6 heteroatoms. The van der Waals surface area contributed by atoms with Crippen LogP contribution in [-0.4, -0.2) is 55.2 Å². The van der Waals surface area contributed by atoms with Gasteiger partial charge in [0.1, 0.15) is 5.58 Å². The molecule has 0 spiro atoms. The van der Waals surface area contributed by atoms with Crippen molar-refractivity contribution in [2.24, 2.45) is 0 Å². The van der Waals surface area contributed by atoms with Crippen molar-refractivity contribution in [3.63, 3.8) is 0 Å². The zero-order chi connectivity index (χ0) is 21.1. The SMILES string of the molecule is CCOc1cc2oc(=O)c3c(c2cc1OCC)CCN(CC(C)N1CCCCC1)C3. The number of piperidine rings is 1. The van der Waals surface area contributed by atoms with Crippen molar-refractivity contribution in [2.45, 2.75) is 59.0 Å². The molecule has 1 unspecified atom stereocenters. The fraction of sp³-hybridized carbons (Fsp3) is 0.625. The van der Waals surface area contributed by atoms with Crippen LogP contribution in [0.4, 0.5) is 0 Å². The quantitative estimate of drug-likeness (QED) is 0.642. The van der Waals surface area contributed by atoms with E-state index in [9.17, 15) is 4.79 Å². The molecule has 2 aliphatic heterocycles. The molecule has 0 bridgehead atoms. The van der Waals surface area contributed by atoms with Crippen LogP contribution in [0.25, 0.3) is 11.0 Å². The van der Waals surface area contributed by atoms with Crippen LogP contribution in [-0.2, 0) is 13.0 Å². The molecule has 0 saturated carbocycles. The number of hydrogen-bond donors (Lipinski definition) is 0. The van der Waals surface area contributed by atoms with Crippen molar-refractivity contribution in [2.75, 3.05) is 39.4 Å². The molecule has 1 aromatic carbocycles. The lowest BCUT2D eigenvalue weighted by molar-refractivity contribution is 0.121. The molecule has 0 aliphatic carbocycles. The van der Waals surface area contributed by atoms with Gasteiger partial charge in [0.15, 0.2) is 11.5 Å². The minimum Gasteiger partial charge on any atom is -0.490 e. The summed E-state index contributed by atoms with van der Waals surface area (Å²) in [5, 5.41) is 0.972. The lowest BCUT2D eigenvalue weighted by Crippen LogP contribution is -2.46. The van der Waals surface area contributed by atoms with Crippen LogP contribution >= 0.6 is 0 Å². The van der Waals surface area contributed by atoms with Gasteiger partial charge in [-0.3, -0.25) is 9.80 Å². The second-order valence-electron chi connectivity index (χ2n) is 8.44. The van der Waals surface area contributed by atoms with Gasteiger partial charge in [0, 0.05) is 37.1 Å². The third kappa shape index (κ3) is 4.35. The van der Waals surface area contributed by atoms with Crippen molar-refractivity contribution in [1.82, 2.24) is 9.80 Å². The van der Waals surface area contributed by atoms with Crippen LogP contribution in [0.2, 0.25) is 0 Å². The van der Waals surface area contributed by atoms with E-state index in [1.807, 2.05) is 19.9 Å². The molecule has 1 atom stereocenters. The highest BCUT2D eigenvalue weighted by atomic mass is 16.5. The maximum atomic E-state index is 12.8. The molecule has 30 heavy (non-hydrogen) atoms. The second kappa shape index (κ2) is 9.40. The molecule has 1 saturated heterocycles. The Morgan fingerprint density at radius 1 is 1.00 bits per heavy atom. The van der Waals surface area contributed by atoms with Crippen LogP contribution in [0, 0.1) is 0 Å². The van der Waals surface area contributed by atoms with Crippen LogP contribution in [0.1, 0.15) is 51.2 Å². The largest absolute Gasteiger partial charge is 0.490 e. The maximum Gasteiger partial charge on any atom is 0.341 e. The van der Waals surface area contributed by atoms with Crippen LogP contribution in [0.5, 0.6) is 11.5 Å². The Kier molecular flexibility index (Phi) is 6.64. The molecule has 2 aromatic rings. The van der Waals surface area contributed by atoms with Gasteiger partial charge in [-0.1, -0.05) is 6.42 Å². The van der Waals surface area contributed by atoms with Crippen LogP contribution in [0.3, 0.4) is 0 Å². The smallest absolute Gasteiger partial charge is 0.341 e. The molecular formula is C24H34N2O4. The Bertz CT molecular complexity index is 933. The highest BCUT2D eigenvalue weighted by molar-refractivity contribution is 5.85. The van der Waals surface area contributed by atoms with Gasteiger partial charge in [0.05, 0.1) is 18.8 Å². The van der Waals surface area contributed by atoms with Gasteiger partial charge in [0.25, 0.3) is 0 Å². The molecule has 0 N–H and O–H groups in total. The van der Waals surface area contributed by atoms with E-state index in [0.29, 0.717) is 42.9 Å². The Hall–Kier alpha value is -2.05. The van der Waals surface area contributed by atoms with E-state index in [1.165, 1.54) is 32.4 Å². The average Bonchev–Trinajstić information content (AvgIpc) is 2.76. The van der Waals surface area contributed by atoms with Crippen molar-refractivity contribution in [3.05, 3.63) is 33.7 Å². The van der Waals surface area contributed by atoms with Gasteiger partial charge in [-0.05, 0) is 64.8 Å². The van der Waals surface area contributed by atoms with Crippen molar-refractivity contribution in [3.8, 4) is 11.5 Å². The summed E-state index contributed by atoms with van der Waals surface area (Å²) >= 11 is 0. The Balaban J connectivity index is 1.60. The van der Waals surface area contributed by atoms with Crippen molar-refractivity contribution < 1.29 is 13.9 Å². The third-order valence-electron chi connectivity index (χ3n) is 6.38. The van der Waals surface area contributed by atoms with E-state index < -0.39 is 0 Å². The van der Waals surface area contributed by atoms with Crippen LogP contribution in [0.15, 0.2) is 21.3 Å². The monoisotopic (exact) mass is 414 g/mol. The standard InChI is InChI=1S/C24H34N2O4/c1-4-28-22-13-19-18-9-12-25(15-17(3)26-10-7-6-8-11-26)16-20(18)24(27)30-21(19)14-23(22)29-5-2/h13-14,17H,4-12,15-16H2,1-3H3. The number of fused-ring (bicyclic) bond motifs is 3. The Morgan fingerprint density at radius 3 is 2.40 bits per heavy atom. The summed E-state index contributed by atoms with van der Waals surface area (Å²) in [6.45, 7) is 12.3. The van der Waals surface area contributed by atoms with Gasteiger partial charge in [-0.25, -0.2) is 4.79 Å². The number of nitrogens with zero attached hydrogens (tertiary/aromatic N) is 2. The lowest BCUT2D eigenvalue weighted by atomic mass is 9.96. The molecule has 6 nitrogen and oxygen atoms in total. The highest BCUT2D eigenvalue weighted by Crippen LogP contribution is 2.35. The Labute approximate surface area is 178 Å². The van der Waals surface area contributed by atoms with Gasteiger partial charge >= 0.3 is 5.63 Å². The molecule has 1 aromatic heterocycles. The molecular weight excluding hydrogens is 380 g/mol. The summed E-state index contributed by atoms with van der Waals surface area (Å²) in [4.78, 5) is 17.8. The van der Waals surface area contributed by atoms with E-state index >= 15 is 0 Å². The van der Waals surface area contributed by atoms with Crippen molar-refractivity contribution >= 4 is 11.0 Å². The zero-order valence-corrected chi connectivity index (χ0v) is 18.5. The Morgan fingerprint density at radius 2 is 1.70 bits per heavy atom. The lowest BCUT2D eigenvalue weighted by Gasteiger charge is -2.37.